The van der Waals surface area contributed by atoms with Crippen LogP contribution in [0.5, 0.6) is 0 Å². The molecule has 186 valence electrons. The van der Waals surface area contributed by atoms with Gasteiger partial charge in [0.25, 0.3) is 5.91 Å². The molecule has 10 heteroatoms. The van der Waals surface area contributed by atoms with Crippen molar-refractivity contribution in [1.82, 2.24) is 14.8 Å². The van der Waals surface area contributed by atoms with E-state index in [0.717, 1.165) is 6.54 Å². The molecule has 3 aromatic rings. The molecule has 0 saturated heterocycles. The van der Waals surface area contributed by atoms with Crippen molar-refractivity contribution in [2.45, 2.75) is 25.7 Å². The third-order valence-electron chi connectivity index (χ3n) is 5.39. The van der Waals surface area contributed by atoms with Gasteiger partial charge >= 0.3 is 0 Å². The average molecular weight is 500 g/mol. The quantitative estimate of drug-likeness (QED) is 0.382. The van der Waals surface area contributed by atoms with Gasteiger partial charge in [0.2, 0.25) is 17.6 Å². The molecule has 1 aromatic carbocycles. The Morgan fingerprint density at radius 3 is 2.43 bits per heavy atom. The number of hydrogen-bond acceptors (Lipinski definition) is 6. The largest absolute Gasteiger partial charge is 0.449 e. The first kappa shape index (κ1) is 26.2. The lowest BCUT2D eigenvalue weighted by Gasteiger charge is -2.19. The number of carbonyl (C=O) groups excluding carboxylic acids is 3. The summed E-state index contributed by atoms with van der Waals surface area (Å²) in [6.07, 6.45) is 3.16. The number of fused-ring (bicyclic) bond motifs is 1. The molecule has 0 unspecified atom stereocenters. The van der Waals surface area contributed by atoms with Crippen LogP contribution in [-0.4, -0.2) is 66.7 Å². The van der Waals surface area contributed by atoms with Crippen molar-refractivity contribution in [2.75, 3.05) is 44.9 Å². The number of hydrogen-bond donors (Lipinski definition) is 2. The van der Waals surface area contributed by atoms with Crippen LogP contribution in [0.2, 0.25) is 5.02 Å². The molecule has 2 aromatic heterocycles. The molecule has 2 heterocycles. The zero-order valence-corrected chi connectivity index (χ0v) is 20.9. The molecular weight excluding hydrogens is 470 g/mol. The second-order valence-electron chi connectivity index (χ2n) is 8.49. The molecule has 35 heavy (non-hydrogen) atoms. The number of furan rings is 1. The molecular formula is C25H30ClN5O4. The molecule has 0 aliphatic carbocycles. The maximum Gasteiger partial charge on any atom is 0.294 e. The fraction of sp³-hybridized carbons (Fsp3) is 0.360. The summed E-state index contributed by atoms with van der Waals surface area (Å²) in [5.41, 5.74) is 0.778. The van der Waals surface area contributed by atoms with Crippen molar-refractivity contribution < 1.29 is 18.8 Å². The Balaban J connectivity index is 1.59. The topological polar surface area (TPSA) is 108 Å². The highest BCUT2D eigenvalue weighted by molar-refractivity contribution is 6.30. The van der Waals surface area contributed by atoms with Crippen molar-refractivity contribution in [1.29, 1.82) is 0 Å². The molecule has 2 N–H and O–H groups in total. The van der Waals surface area contributed by atoms with E-state index in [1.165, 1.54) is 6.20 Å². The molecule has 0 atom stereocenters. The highest BCUT2D eigenvalue weighted by atomic mass is 35.5. The van der Waals surface area contributed by atoms with Crippen molar-refractivity contribution in [3.8, 4) is 0 Å². The van der Waals surface area contributed by atoms with Gasteiger partial charge < -0.3 is 24.9 Å². The number of anilines is 2. The number of rotatable bonds is 11. The van der Waals surface area contributed by atoms with E-state index in [9.17, 15) is 14.4 Å². The summed E-state index contributed by atoms with van der Waals surface area (Å²) in [7, 11) is 5.71. The third-order valence-corrected chi connectivity index (χ3v) is 5.61. The van der Waals surface area contributed by atoms with Gasteiger partial charge in [0.15, 0.2) is 0 Å². The van der Waals surface area contributed by atoms with E-state index >= 15 is 0 Å². The summed E-state index contributed by atoms with van der Waals surface area (Å²) >= 11 is 5.85. The predicted octanol–water partition coefficient (Wildman–Crippen LogP) is 4.25. The van der Waals surface area contributed by atoms with Gasteiger partial charge in [-0.3, -0.25) is 14.4 Å². The van der Waals surface area contributed by atoms with E-state index in [4.69, 9.17) is 16.0 Å². The van der Waals surface area contributed by atoms with Crippen LogP contribution >= 0.6 is 11.6 Å². The van der Waals surface area contributed by atoms with E-state index in [0.29, 0.717) is 53.3 Å². The first-order valence-electron chi connectivity index (χ1n) is 11.4. The zero-order chi connectivity index (χ0) is 25.4. The number of likely N-dealkylation sites (N-methyl/N-ethyl adjacent to an activating group) is 2. The number of pyridine rings is 1. The van der Waals surface area contributed by atoms with Gasteiger partial charge in [-0.15, -0.1) is 0 Å². The van der Waals surface area contributed by atoms with E-state index in [1.54, 1.807) is 48.3 Å². The number of benzene rings is 1. The Hall–Kier alpha value is -3.43. The summed E-state index contributed by atoms with van der Waals surface area (Å²) in [4.78, 5) is 45.6. The molecule has 0 saturated carbocycles. The zero-order valence-electron chi connectivity index (χ0n) is 20.1. The standard InChI is InChI=1S/C25H30ClN5O4/c1-30(2)14-15-31(3)22(33)11-7-6-10-21(32)29-23-18-8-4-5-9-19(18)35-24(23)25(34)28-20-13-12-17(26)16-27-20/h4-5,8-9,12-13,16H,6-7,10-11,14-15H2,1-3H3,(H,29,32)(H,27,28,34). The number of aromatic nitrogens is 1. The Morgan fingerprint density at radius 1 is 0.971 bits per heavy atom. The molecule has 9 nitrogen and oxygen atoms in total. The summed E-state index contributed by atoms with van der Waals surface area (Å²) in [5, 5.41) is 6.53. The number of para-hydroxylation sites is 1. The highest BCUT2D eigenvalue weighted by Crippen LogP contribution is 2.31. The molecule has 0 aliphatic heterocycles. The minimum Gasteiger partial charge on any atom is -0.449 e. The van der Waals surface area contributed by atoms with Crippen LogP contribution in [0.4, 0.5) is 11.5 Å². The maximum atomic E-state index is 12.9. The number of carbonyl (C=O) groups is 3. The molecule has 0 aliphatic rings. The number of nitrogens with one attached hydrogen (secondary N) is 2. The van der Waals surface area contributed by atoms with E-state index in [-0.39, 0.29) is 24.0 Å². The van der Waals surface area contributed by atoms with Crippen molar-refractivity contribution in [3.63, 3.8) is 0 Å². The molecule has 0 radical (unpaired) electrons. The van der Waals surface area contributed by atoms with Gasteiger partial charge in [-0.25, -0.2) is 4.98 Å². The van der Waals surface area contributed by atoms with Gasteiger partial charge in [0.05, 0.1) is 5.02 Å². The normalized spacial score (nSPS) is 11.0. The Morgan fingerprint density at radius 2 is 1.71 bits per heavy atom. The molecule has 3 rings (SSSR count). The summed E-state index contributed by atoms with van der Waals surface area (Å²) in [6.45, 7) is 1.46. The summed E-state index contributed by atoms with van der Waals surface area (Å²) < 4.78 is 5.75. The molecule has 0 spiro atoms. The summed E-state index contributed by atoms with van der Waals surface area (Å²) in [6, 6.07) is 10.3. The molecule has 3 amide bonds. The maximum absolute atomic E-state index is 12.9. The first-order chi connectivity index (χ1) is 16.7. The fourth-order valence-corrected chi connectivity index (χ4v) is 3.49. The van der Waals surface area contributed by atoms with E-state index in [2.05, 4.69) is 15.6 Å². The van der Waals surface area contributed by atoms with Gasteiger partial charge in [-0.2, -0.15) is 0 Å². The van der Waals surface area contributed by atoms with Crippen LogP contribution in [0.1, 0.15) is 36.2 Å². The van der Waals surface area contributed by atoms with E-state index < -0.39 is 5.91 Å². The van der Waals surface area contributed by atoms with Crippen LogP contribution in [0, 0.1) is 0 Å². The van der Waals surface area contributed by atoms with Crippen LogP contribution in [0.25, 0.3) is 11.0 Å². The van der Waals surface area contributed by atoms with E-state index in [1.807, 2.05) is 19.0 Å². The average Bonchev–Trinajstić information content (AvgIpc) is 3.20. The lowest BCUT2D eigenvalue weighted by molar-refractivity contribution is -0.130. The van der Waals surface area contributed by atoms with Gasteiger partial charge in [-0.1, -0.05) is 23.7 Å². The lowest BCUT2D eigenvalue weighted by Crippen LogP contribution is -2.33. The van der Waals surface area contributed by atoms with Crippen molar-refractivity contribution >= 4 is 51.8 Å². The summed E-state index contributed by atoms with van der Waals surface area (Å²) in [5.74, 6) is -0.462. The number of unbranched alkanes of at least 4 members (excludes halogenated alkanes) is 1. The van der Waals surface area contributed by atoms with Gasteiger partial charge in [0.1, 0.15) is 17.1 Å². The Bertz CT molecular complexity index is 1180. The third kappa shape index (κ3) is 7.53. The number of nitrogens with zero attached hydrogens (tertiary/aromatic N) is 3. The van der Waals surface area contributed by atoms with Crippen molar-refractivity contribution in [2.24, 2.45) is 0 Å². The lowest BCUT2D eigenvalue weighted by atomic mass is 10.1. The highest BCUT2D eigenvalue weighted by Gasteiger charge is 2.22. The molecule has 0 bridgehead atoms. The first-order valence-corrected chi connectivity index (χ1v) is 11.8. The number of halogens is 1. The number of amides is 3. The van der Waals surface area contributed by atoms with Crippen molar-refractivity contribution in [3.05, 3.63) is 53.4 Å². The van der Waals surface area contributed by atoms with Crippen LogP contribution < -0.4 is 10.6 Å². The minimum atomic E-state index is -0.544. The van der Waals surface area contributed by atoms with Crippen LogP contribution in [-0.2, 0) is 9.59 Å². The monoisotopic (exact) mass is 499 g/mol. The Kier molecular flexibility index (Phi) is 9.22. The van der Waals surface area contributed by atoms with Gasteiger partial charge in [-0.05, 0) is 51.2 Å². The second-order valence-corrected chi connectivity index (χ2v) is 8.93. The Labute approximate surface area is 209 Å². The fourth-order valence-electron chi connectivity index (χ4n) is 3.38. The minimum absolute atomic E-state index is 0.0194. The smallest absolute Gasteiger partial charge is 0.294 e. The predicted molar refractivity (Wildman–Crippen MR) is 137 cm³/mol. The van der Waals surface area contributed by atoms with Gasteiger partial charge in [0, 0.05) is 44.6 Å². The second kappa shape index (κ2) is 12.3. The SMILES string of the molecule is CN(C)CCN(C)C(=O)CCCCC(=O)Nc1c(C(=O)Nc2ccc(Cl)cn2)oc2ccccc12. The molecule has 0 fully saturated rings. The van der Waals surface area contributed by atoms with Crippen LogP contribution in [0.3, 0.4) is 0 Å². The van der Waals surface area contributed by atoms with Crippen LogP contribution in [0.15, 0.2) is 47.0 Å².